The van der Waals surface area contributed by atoms with Gasteiger partial charge in [0.15, 0.2) is 5.76 Å². The number of para-hydroxylation sites is 1. The first kappa shape index (κ1) is 9.33. The standard InChI is InChI=1S/C11H9NO3/c13-12-8-10-6-7-11(15-10)14-9-4-2-1-3-5-9/h1-8,13H/b12-8+. The Bertz CT molecular complexity index is 448. The first-order chi connectivity index (χ1) is 7.38. The molecule has 0 aliphatic heterocycles. The van der Waals surface area contributed by atoms with Crippen LogP contribution in [0.5, 0.6) is 11.7 Å². The largest absolute Gasteiger partial charge is 0.426 e. The van der Waals surface area contributed by atoms with E-state index in [1.807, 2.05) is 30.3 Å². The van der Waals surface area contributed by atoms with Crippen LogP contribution in [0.25, 0.3) is 0 Å². The molecule has 0 bridgehead atoms. The Hall–Kier alpha value is -2.23. The molecule has 0 saturated heterocycles. The second kappa shape index (κ2) is 4.32. The molecular weight excluding hydrogens is 194 g/mol. The summed E-state index contributed by atoms with van der Waals surface area (Å²) < 4.78 is 10.6. The molecule has 4 nitrogen and oxygen atoms in total. The minimum absolute atomic E-state index is 0.358. The van der Waals surface area contributed by atoms with Crippen LogP contribution in [-0.2, 0) is 0 Å². The maximum absolute atomic E-state index is 8.29. The molecule has 0 fully saturated rings. The summed E-state index contributed by atoms with van der Waals surface area (Å²) in [4.78, 5) is 0. The molecule has 0 radical (unpaired) electrons. The van der Waals surface area contributed by atoms with Crippen LogP contribution in [0.15, 0.2) is 52.0 Å². The Labute approximate surface area is 86.4 Å². The Morgan fingerprint density at radius 2 is 1.93 bits per heavy atom. The fourth-order valence-electron chi connectivity index (χ4n) is 1.12. The van der Waals surface area contributed by atoms with Crippen molar-refractivity contribution in [2.24, 2.45) is 5.16 Å². The first-order valence-corrected chi connectivity index (χ1v) is 4.38. The van der Waals surface area contributed by atoms with Crippen LogP contribution in [0.2, 0.25) is 0 Å². The van der Waals surface area contributed by atoms with E-state index in [1.54, 1.807) is 12.1 Å². The van der Waals surface area contributed by atoms with Crippen molar-refractivity contribution in [3.05, 3.63) is 48.2 Å². The summed E-state index contributed by atoms with van der Waals surface area (Å²) in [5.41, 5.74) is 0. The molecule has 2 rings (SSSR count). The molecular formula is C11H9NO3. The molecule has 1 aromatic heterocycles. The lowest BCUT2D eigenvalue weighted by atomic mass is 10.3. The van der Waals surface area contributed by atoms with Gasteiger partial charge >= 0.3 is 0 Å². The molecule has 0 spiro atoms. The van der Waals surface area contributed by atoms with Crippen molar-refractivity contribution in [3.63, 3.8) is 0 Å². The molecule has 1 N–H and O–H groups in total. The quantitative estimate of drug-likeness (QED) is 0.474. The van der Waals surface area contributed by atoms with Gasteiger partial charge in [0.05, 0.1) is 0 Å². The number of furan rings is 1. The molecule has 15 heavy (non-hydrogen) atoms. The summed E-state index contributed by atoms with van der Waals surface area (Å²) in [5.74, 6) is 1.49. The third-order valence-corrected chi connectivity index (χ3v) is 1.75. The van der Waals surface area contributed by atoms with Crippen LogP contribution >= 0.6 is 0 Å². The highest BCUT2D eigenvalue weighted by Gasteiger charge is 2.01. The lowest BCUT2D eigenvalue weighted by Crippen LogP contribution is -1.80. The summed E-state index contributed by atoms with van der Waals surface area (Å²) in [6.45, 7) is 0. The van der Waals surface area contributed by atoms with Gasteiger partial charge in [0.1, 0.15) is 12.0 Å². The molecule has 1 aromatic carbocycles. The van der Waals surface area contributed by atoms with Crippen molar-refractivity contribution >= 4 is 6.21 Å². The van der Waals surface area contributed by atoms with E-state index in [2.05, 4.69) is 5.16 Å². The molecule has 0 amide bonds. The number of nitrogens with zero attached hydrogens (tertiary/aromatic N) is 1. The van der Waals surface area contributed by atoms with Crippen LogP contribution in [0.4, 0.5) is 0 Å². The van der Waals surface area contributed by atoms with Gasteiger partial charge in [-0.15, -0.1) is 0 Å². The summed E-state index contributed by atoms with van der Waals surface area (Å²) in [5, 5.41) is 11.1. The predicted octanol–water partition coefficient (Wildman–Crippen LogP) is 2.88. The molecule has 0 aliphatic carbocycles. The Morgan fingerprint density at radius 1 is 1.13 bits per heavy atom. The average Bonchev–Trinajstić information content (AvgIpc) is 2.68. The highest BCUT2D eigenvalue weighted by atomic mass is 16.6. The van der Waals surface area contributed by atoms with Gasteiger partial charge in [-0.2, -0.15) is 0 Å². The summed E-state index contributed by atoms with van der Waals surface area (Å²) in [6, 6.07) is 12.6. The molecule has 2 aromatic rings. The normalized spacial score (nSPS) is 10.7. The maximum Gasteiger partial charge on any atom is 0.290 e. The summed E-state index contributed by atoms with van der Waals surface area (Å²) in [7, 11) is 0. The van der Waals surface area contributed by atoms with Gasteiger partial charge in [0, 0.05) is 6.07 Å². The van der Waals surface area contributed by atoms with Gasteiger partial charge in [0.2, 0.25) is 0 Å². The van der Waals surface area contributed by atoms with Gasteiger partial charge in [0.25, 0.3) is 5.95 Å². The fraction of sp³-hybridized carbons (Fsp3) is 0. The van der Waals surface area contributed by atoms with E-state index in [4.69, 9.17) is 14.4 Å². The Balaban J connectivity index is 2.11. The second-order valence-electron chi connectivity index (χ2n) is 2.82. The van der Waals surface area contributed by atoms with E-state index in [1.165, 1.54) is 6.21 Å². The minimum Gasteiger partial charge on any atom is -0.426 e. The number of ether oxygens (including phenoxy) is 1. The molecule has 4 heteroatoms. The Morgan fingerprint density at radius 3 is 2.67 bits per heavy atom. The zero-order valence-corrected chi connectivity index (χ0v) is 7.83. The zero-order valence-electron chi connectivity index (χ0n) is 7.83. The van der Waals surface area contributed by atoms with Gasteiger partial charge in [-0.1, -0.05) is 23.4 Å². The average molecular weight is 203 g/mol. The number of rotatable bonds is 3. The first-order valence-electron chi connectivity index (χ1n) is 4.38. The number of hydrogen-bond donors (Lipinski definition) is 1. The molecule has 0 aliphatic rings. The number of benzene rings is 1. The Kier molecular flexibility index (Phi) is 2.69. The second-order valence-corrected chi connectivity index (χ2v) is 2.82. The van der Waals surface area contributed by atoms with Crippen molar-refractivity contribution in [2.45, 2.75) is 0 Å². The summed E-state index contributed by atoms with van der Waals surface area (Å²) >= 11 is 0. The predicted molar refractivity (Wildman–Crippen MR) is 54.6 cm³/mol. The van der Waals surface area contributed by atoms with Crippen molar-refractivity contribution in [3.8, 4) is 11.7 Å². The van der Waals surface area contributed by atoms with Crippen molar-refractivity contribution in [1.82, 2.24) is 0 Å². The van der Waals surface area contributed by atoms with E-state index >= 15 is 0 Å². The molecule has 1 heterocycles. The molecule has 0 unspecified atom stereocenters. The number of oxime groups is 1. The maximum atomic E-state index is 8.29. The third kappa shape index (κ3) is 2.37. The van der Waals surface area contributed by atoms with Gasteiger partial charge in [-0.3, -0.25) is 0 Å². The van der Waals surface area contributed by atoms with E-state index in [0.717, 1.165) is 0 Å². The zero-order chi connectivity index (χ0) is 10.5. The van der Waals surface area contributed by atoms with E-state index in [0.29, 0.717) is 17.5 Å². The van der Waals surface area contributed by atoms with E-state index in [-0.39, 0.29) is 0 Å². The van der Waals surface area contributed by atoms with Crippen LogP contribution in [0.1, 0.15) is 5.76 Å². The van der Waals surface area contributed by atoms with Gasteiger partial charge in [-0.05, 0) is 18.2 Å². The SMILES string of the molecule is O/N=C/c1ccc(Oc2ccccc2)o1. The lowest BCUT2D eigenvalue weighted by Gasteiger charge is -1.99. The fourth-order valence-corrected chi connectivity index (χ4v) is 1.12. The van der Waals surface area contributed by atoms with Gasteiger partial charge < -0.3 is 14.4 Å². The summed E-state index contributed by atoms with van der Waals surface area (Å²) in [6.07, 6.45) is 1.19. The lowest BCUT2D eigenvalue weighted by molar-refractivity contribution is 0.317. The smallest absolute Gasteiger partial charge is 0.290 e. The van der Waals surface area contributed by atoms with Crippen molar-refractivity contribution in [2.75, 3.05) is 0 Å². The molecule has 0 atom stereocenters. The van der Waals surface area contributed by atoms with Crippen LogP contribution in [-0.4, -0.2) is 11.4 Å². The highest BCUT2D eigenvalue weighted by Crippen LogP contribution is 2.22. The monoisotopic (exact) mass is 203 g/mol. The minimum atomic E-state index is 0.358. The van der Waals surface area contributed by atoms with Crippen LogP contribution < -0.4 is 4.74 Å². The molecule has 0 saturated carbocycles. The topological polar surface area (TPSA) is 55.0 Å². The van der Waals surface area contributed by atoms with Crippen molar-refractivity contribution < 1.29 is 14.4 Å². The van der Waals surface area contributed by atoms with Crippen LogP contribution in [0.3, 0.4) is 0 Å². The van der Waals surface area contributed by atoms with Crippen LogP contribution in [0, 0.1) is 0 Å². The van der Waals surface area contributed by atoms with Gasteiger partial charge in [-0.25, -0.2) is 0 Å². The van der Waals surface area contributed by atoms with E-state index in [9.17, 15) is 0 Å². The van der Waals surface area contributed by atoms with Crippen molar-refractivity contribution in [1.29, 1.82) is 0 Å². The highest BCUT2D eigenvalue weighted by molar-refractivity contribution is 5.75. The number of hydrogen-bond acceptors (Lipinski definition) is 4. The van der Waals surface area contributed by atoms with E-state index < -0.39 is 0 Å². The third-order valence-electron chi connectivity index (χ3n) is 1.75. The molecule has 76 valence electrons.